The zero-order chi connectivity index (χ0) is 21.8. The number of esters is 1. The smallest absolute Gasteiger partial charge is 0.338 e. The lowest BCUT2D eigenvalue weighted by atomic mass is 10.2. The number of amides is 2. The molecule has 2 aromatic carbocycles. The molecule has 2 aliphatic rings. The van der Waals surface area contributed by atoms with Crippen LogP contribution in [0.5, 0.6) is 0 Å². The van der Waals surface area contributed by atoms with Crippen LogP contribution in [0, 0.1) is 0 Å². The van der Waals surface area contributed by atoms with E-state index in [1.807, 2.05) is 18.2 Å². The Morgan fingerprint density at radius 1 is 0.903 bits per heavy atom. The van der Waals surface area contributed by atoms with Crippen molar-refractivity contribution < 1.29 is 19.1 Å². The third kappa shape index (κ3) is 4.71. The maximum Gasteiger partial charge on any atom is 0.338 e. The number of piperazine rings is 1. The summed E-state index contributed by atoms with van der Waals surface area (Å²) in [5.41, 5.74) is 2.17. The van der Waals surface area contributed by atoms with Crippen LogP contribution in [0.25, 0.3) is 0 Å². The van der Waals surface area contributed by atoms with Crippen LogP contribution < -0.4 is 9.80 Å². The average Bonchev–Trinajstić information content (AvgIpc) is 3.25. The summed E-state index contributed by atoms with van der Waals surface area (Å²) >= 11 is 0. The van der Waals surface area contributed by atoms with E-state index in [1.54, 1.807) is 41.0 Å². The van der Waals surface area contributed by atoms with Gasteiger partial charge in [0.15, 0.2) is 6.10 Å². The number of carbonyl (C=O) groups is 3. The van der Waals surface area contributed by atoms with Crippen molar-refractivity contribution in [3.8, 4) is 0 Å². The van der Waals surface area contributed by atoms with Gasteiger partial charge in [0.25, 0.3) is 5.91 Å². The largest absolute Gasteiger partial charge is 0.449 e. The number of hydrogen-bond acceptors (Lipinski definition) is 5. The Labute approximate surface area is 182 Å². The van der Waals surface area contributed by atoms with Gasteiger partial charge < -0.3 is 19.4 Å². The van der Waals surface area contributed by atoms with Gasteiger partial charge in [0.2, 0.25) is 5.91 Å². The zero-order valence-corrected chi connectivity index (χ0v) is 17.7. The van der Waals surface area contributed by atoms with E-state index in [4.69, 9.17) is 4.74 Å². The summed E-state index contributed by atoms with van der Waals surface area (Å²) in [5, 5.41) is 0. The number of ether oxygens (including phenoxy) is 1. The lowest BCUT2D eigenvalue weighted by Crippen LogP contribution is -2.51. The molecule has 2 aromatic rings. The molecule has 0 N–H and O–H groups in total. The van der Waals surface area contributed by atoms with Crippen molar-refractivity contribution >= 4 is 29.2 Å². The van der Waals surface area contributed by atoms with Crippen LogP contribution in [0.15, 0.2) is 54.6 Å². The summed E-state index contributed by atoms with van der Waals surface area (Å²) < 4.78 is 5.46. The molecule has 1 atom stereocenters. The van der Waals surface area contributed by atoms with Gasteiger partial charge in [-0.1, -0.05) is 24.3 Å². The predicted octanol–water partition coefficient (Wildman–Crippen LogP) is 2.71. The monoisotopic (exact) mass is 421 g/mol. The molecule has 2 heterocycles. The molecule has 4 rings (SSSR count). The fourth-order valence-electron chi connectivity index (χ4n) is 4.08. The highest BCUT2D eigenvalue weighted by Gasteiger charge is 2.28. The van der Waals surface area contributed by atoms with Crippen molar-refractivity contribution in [3.63, 3.8) is 0 Å². The fourth-order valence-corrected chi connectivity index (χ4v) is 4.08. The van der Waals surface area contributed by atoms with Crippen molar-refractivity contribution in [1.29, 1.82) is 0 Å². The molecule has 0 aliphatic carbocycles. The Balaban J connectivity index is 1.33. The van der Waals surface area contributed by atoms with E-state index in [-0.39, 0.29) is 11.8 Å². The Bertz CT molecular complexity index is 954. The van der Waals surface area contributed by atoms with Crippen molar-refractivity contribution in [2.24, 2.45) is 0 Å². The van der Waals surface area contributed by atoms with Crippen molar-refractivity contribution in [2.45, 2.75) is 25.9 Å². The summed E-state index contributed by atoms with van der Waals surface area (Å²) in [7, 11) is 0. The topological polar surface area (TPSA) is 70.2 Å². The van der Waals surface area contributed by atoms with Gasteiger partial charge in [0, 0.05) is 50.5 Å². The molecule has 162 valence electrons. The Morgan fingerprint density at radius 2 is 1.61 bits per heavy atom. The lowest BCUT2D eigenvalue weighted by Gasteiger charge is -2.37. The molecule has 0 unspecified atom stereocenters. The van der Waals surface area contributed by atoms with Gasteiger partial charge in [-0.05, 0) is 43.7 Å². The minimum Gasteiger partial charge on any atom is -0.449 e. The molecule has 7 heteroatoms. The van der Waals surface area contributed by atoms with Crippen LogP contribution in [0.4, 0.5) is 11.4 Å². The predicted molar refractivity (Wildman–Crippen MR) is 118 cm³/mol. The normalized spacial score (nSPS) is 17.6. The van der Waals surface area contributed by atoms with Gasteiger partial charge in [-0.15, -0.1) is 0 Å². The molecule has 0 radical (unpaired) electrons. The molecule has 2 aliphatic heterocycles. The fraction of sp³-hybridized carbons (Fsp3) is 0.375. The Morgan fingerprint density at radius 3 is 2.29 bits per heavy atom. The molecule has 2 amide bonds. The second kappa shape index (κ2) is 9.20. The summed E-state index contributed by atoms with van der Waals surface area (Å²) in [5.74, 6) is -0.687. The first kappa shape index (κ1) is 20.9. The highest BCUT2D eigenvalue weighted by Crippen LogP contribution is 2.23. The SMILES string of the molecule is C[C@H](OC(=O)c1cccc(N2CCCC2=O)c1)C(=O)N1CCN(c2ccccc2)CC1. The van der Waals surface area contributed by atoms with E-state index in [0.29, 0.717) is 37.3 Å². The van der Waals surface area contributed by atoms with E-state index in [0.717, 1.165) is 25.2 Å². The molecular formula is C24H27N3O4. The maximum atomic E-state index is 12.8. The minimum absolute atomic E-state index is 0.0590. The third-order valence-electron chi connectivity index (χ3n) is 5.81. The minimum atomic E-state index is -0.868. The standard InChI is InChI=1S/C24H27N3O4/c1-18(23(29)26-15-13-25(14-16-26)20-8-3-2-4-9-20)31-24(30)19-7-5-10-21(17-19)27-12-6-11-22(27)28/h2-5,7-10,17-18H,6,11-16H2,1H3/t18-/m0/s1. The van der Waals surface area contributed by atoms with E-state index in [1.165, 1.54) is 0 Å². The number of para-hydroxylation sites is 1. The first-order valence-corrected chi connectivity index (χ1v) is 10.7. The van der Waals surface area contributed by atoms with Crippen LogP contribution in [-0.4, -0.2) is 61.5 Å². The molecule has 2 fully saturated rings. The number of rotatable bonds is 5. The summed E-state index contributed by atoms with van der Waals surface area (Å²) in [6.45, 7) is 4.91. The Hall–Kier alpha value is -3.35. The highest BCUT2D eigenvalue weighted by molar-refractivity contribution is 5.98. The third-order valence-corrected chi connectivity index (χ3v) is 5.81. The molecule has 7 nitrogen and oxygen atoms in total. The molecule has 0 spiro atoms. The van der Waals surface area contributed by atoms with Crippen LogP contribution in [0.1, 0.15) is 30.1 Å². The van der Waals surface area contributed by atoms with E-state index >= 15 is 0 Å². The lowest BCUT2D eigenvalue weighted by molar-refractivity contribution is -0.140. The van der Waals surface area contributed by atoms with E-state index < -0.39 is 12.1 Å². The first-order chi connectivity index (χ1) is 15.0. The molecule has 0 bridgehead atoms. The van der Waals surface area contributed by atoms with Crippen LogP contribution in [0.2, 0.25) is 0 Å². The second-order valence-electron chi connectivity index (χ2n) is 7.89. The van der Waals surface area contributed by atoms with Crippen molar-refractivity contribution in [2.75, 3.05) is 42.5 Å². The molecular weight excluding hydrogens is 394 g/mol. The first-order valence-electron chi connectivity index (χ1n) is 10.7. The van der Waals surface area contributed by atoms with Gasteiger partial charge in [0.05, 0.1) is 5.56 Å². The second-order valence-corrected chi connectivity index (χ2v) is 7.89. The van der Waals surface area contributed by atoms with Gasteiger partial charge in [-0.3, -0.25) is 9.59 Å². The number of anilines is 2. The van der Waals surface area contributed by atoms with Gasteiger partial charge in [-0.2, -0.15) is 0 Å². The van der Waals surface area contributed by atoms with Crippen LogP contribution >= 0.6 is 0 Å². The average molecular weight is 421 g/mol. The van der Waals surface area contributed by atoms with E-state index in [2.05, 4.69) is 17.0 Å². The van der Waals surface area contributed by atoms with E-state index in [9.17, 15) is 14.4 Å². The van der Waals surface area contributed by atoms with Gasteiger partial charge in [-0.25, -0.2) is 4.79 Å². The zero-order valence-electron chi connectivity index (χ0n) is 17.7. The summed E-state index contributed by atoms with van der Waals surface area (Å²) in [4.78, 5) is 43.1. The number of nitrogens with zero attached hydrogens (tertiary/aromatic N) is 3. The molecule has 0 aromatic heterocycles. The number of carbonyl (C=O) groups excluding carboxylic acids is 3. The van der Waals surface area contributed by atoms with Gasteiger partial charge in [0.1, 0.15) is 0 Å². The molecule has 2 saturated heterocycles. The van der Waals surface area contributed by atoms with Crippen molar-refractivity contribution in [1.82, 2.24) is 4.90 Å². The maximum absolute atomic E-state index is 12.8. The molecule has 31 heavy (non-hydrogen) atoms. The summed E-state index contributed by atoms with van der Waals surface area (Å²) in [6.07, 6.45) is 0.474. The number of benzene rings is 2. The van der Waals surface area contributed by atoms with Crippen LogP contribution in [-0.2, 0) is 14.3 Å². The highest BCUT2D eigenvalue weighted by atomic mass is 16.5. The van der Waals surface area contributed by atoms with Crippen LogP contribution in [0.3, 0.4) is 0 Å². The number of hydrogen-bond donors (Lipinski definition) is 0. The summed E-state index contributed by atoms with van der Waals surface area (Å²) in [6, 6.07) is 16.9. The Kier molecular flexibility index (Phi) is 6.21. The quantitative estimate of drug-likeness (QED) is 0.695. The van der Waals surface area contributed by atoms with Crippen molar-refractivity contribution in [3.05, 3.63) is 60.2 Å². The molecule has 0 saturated carbocycles. The van der Waals surface area contributed by atoms with Gasteiger partial charge >= 0.3 is 5.97 Å².